The van der Waals surface area contributed by atoms with Crippen molar-refractivity contribution in [3.05, 3.63) is 34.1 Å². The molecule has 2 rings (SSSR count). The molecule has 0 aliphatic carbocycles. The normalized spacial score (nSPS) is 18.2. The molecule has 0 saturated carbocycles. The van der Waals surface area contributed by atoms with Gasteiger partial charge in [0.1, 0.15) is 5.82 Å². The number of nitrogens with zero attached hydrogens (tertiary/aromatic N) is 1. The fourth-order valence-corrected chi connectivity index (χ4v) is 3.25. The van der Waals surface area contributed by atoms with E-state index in [1.165, 1.54) is 0 Å². The van der Waals surface area contributed by atoms with E-state index in [-0.39, 0.29) is 11.9 Å². The van der Waals surface area contributed by atoms with E-state index in [2.05, 4.69) is 24.1 Å². The van der Waals surface area contributed by atoms with Crippen molar-refractivity contribution in [1.82, 2.24) is 10.2 Å². The molecule has 118 valence electrons. The smallest absolute Gasteiger partial charge is 0.132 e. The summed E-state index contributed by atoms with van der Waals surface area (Å²) in [6, 6.07) is 3.68. The molecule has 1 aromatic carbocycles. The predicted octanol–water partition coefficient (Wildman–Crippen LogP) is 4.17. The molecule has 1 N–H and O–H groups in total. The quantitative estimate of drug-likeness (QED) is 0.878. The molecule has 1 heterocycles. The highest BCUT2D eigenvalue weighted by Crippen LogP contribution is 2.35. The summed E-state index contributed by atoms with van der Waals surface area (Å²) in [6.07, 6.45) is 2.04. The lowest BCUT2D eigenvalue weighted by molar-refractivity contribution is 0.156. The van der Waals surface area contributed by atoms with Crippen LogP contribution in [-0.4, -0.2) is 31.1 Å². The topological polar surface area (TPSA) is 15.3 Å². The van der Waals surface area contributed by atoms with Crippen LogP contribution in [0.3, 0.4) is 0 Å². The zero-order valence-corrected chi connectivity index (χ0v) is 14.0. The third kappa shape index (κ3) is 4.18. The van der Waals surface area contributed by atoms with Crippen LogP contribution >= 0.6 is 11.6 Å². The molecule has 0 spiro atoms. The second kappa shape index (κ2) is 7.57. The Bertz CT molecular complexity index is 470. The van der Waals surface area contributed by atoms with Crippen molar-refractivity contribution in [3.63, 3.8) is 0 Å². The van der Waals surface area contributed by atoms with Gasteiger partial charge in [0.2, 0.25) is 0 Å². The highest BCUT2D eigenvalue weighted by Gasteiger charge is 2.27. The second-order valence-corrected chi connectivity index (χ2v) is 6.77. The van der Waals surface area contributed by atoms with Crippen molar-refractivity contribution in [2.45, 2.75) is 39.7 Å². The maximum absolute atomic E-state index is 14.7. The molecule has 0 aromatic heterocycles. The van der Waals surface area contributed by atoms with E-state index in [0.717, 1.165) is 39.0 Å². The molecule has 0 bridgehead atoms. The first-order valence-corrected chi connectivity index (χ1v) is 8.27. The fourth-order valence-electron chi connectivity index (χ4n) is 2.98. The molecule has 0 unspecified atom stereocenters. The number of halogens is 2. The Morgan fingerprint density at radius 3 is 2.52 bits per heavy atom. The maximum atomic E-state index is 14.7. The van der Waals surface area contributed by atoms with Gasteiger partial charge in [-0.1, -0.05) is 31.5 Å². The molecule has 0 amide bonds. The lowest BCUT2D eigenvalue weighted by Crippen LogP contribution is -2.45. The largest absolute Gasteiger partial charge is 0.314 e. The van der Waals surface area contributed by atoms with E-state index in [1.807, 2.05) is 13.0 Å². The van der Waals surface area contributed by atoms with Crippen LogP contribution in [0, 0.1) is 18.7 Å². The molecule has 1 aromatic rings. The van der Waals surface area contributed by atoms with Crippen LogP contribution in [0.5, 0.6) is 0 Å². The summed E-state index contributed by atoms with van der Waals surface area (Å²) in [5.74, 6) is 0.483. The van der Waals surface area contributed by atoms with E-state index in [4.69, 9.17) is 11.6 Å². The average Bonchev–Trinajstić information content (AvgIpc) is 2.47. The molecule has 1 fully saturated rings. The predicted molar refractivity (Wildman–Crippen MR) is 87.4 cm³/mol. The van der Waals surface area contributed by atoms with Crippen LogP contribution in [0.4, 0.5) is 4.39 Å². The van der Waals surface area contributed by atoms with E-state index >= 15 is 0 Å². The minimum Gasteiger partial charge on any atom is -0.314 e. The van der Waals surface area contributed by atoms with Crippen molar-refractivity contribution in [1.29, 1.82) is 0 Å². The average molecular weight is 313 g/mol. The van der Waals surface area contributed by atoms with Crippen molar-refractivity contribution in [3.8, 4) is 0 Å². The van der Waals surface area contributed by atoms with Gasteiger partial charge in [0.15, 0.2) is 0 Å². The second-order valence-electron chi connectivity index (χ2n) is 6.36. The molecule has 0 radical (unpaired) electrons. The minimum atomic E-state index is -0.130. The van der Waals surface area contributed by atoms with Crippen molar-refractivity contribution >= 4 is 11.6 Å². The number of benzene rings is 1. The third-order valence-corrected chi connectivity index (χ3v) is 4.59. The van der Waals surface area contributed by atoms with Crippen LogP contribution in [0.25, 0.3) is 0 Å². The number of rotatable bonds is 5. The van der Waals surface area contributed by atoms with Crippen LogP contribution < -0.4 is 5.32 Å². The van der Waals surface area contributed by atoms with Gasteiger partial charge in [0, 0.05) is 42.8 Å². The molecule has 4 heteroatoms. The van der Waals surface area contributed by atoms with Gasteiger partial charge in [0.05, 0.1) is 0 Å². The van der Waals surface area contributed by atoms with Crippen molar-refractivity contribution < 1.29 is 4.39 Å². The van der Waals surface area contributed by atoms with Gasteiger partial charge in [-0.05, 0) is 37.3 Å². The van der Waals surface area contributed by atoms with Crippen LogP contribution in [0.15, 0.2) is 12.1 Å². The van der Waals surface area contributed by atoms with Crippen molar-refractivity contribution in [2.24, 2.45) is 5.92 Å². The fraction of sp³-hybridized carbons (Fsp3) is 0.647. The third-order valence-electron chi connectivity index (χ3n) is 4.26. The van der Waals surface area contributed by atoms with Crippen molar-refractivity contribution in [2.75, 3.05) is 26.2 Å². The first kappa shape index (κ1) is 16.7. The molecule has 1 saturated heterocycles. The Hall–Kier alpha value is -0.640. The molecular weight excluding hydrogens is 287 g/mol. The highest BCUT2D eigenvalue weighted by atomic mass is 35.5. The van der Waals surface area contributed by atoms with Gasteiger partial charge < -0.3 is 5.32 Å². The summed E-state index contributed by atoms with van der Waals surface area (Å²) in [4.78, 5) is 2.38. The van der Waals surface area contributed by atoms with Gasteiger partial charge in [0.25, 0.3) is 0 Å². The molecule has 21 heavy (non-hydrogen) atoms. The number of aryl methyl sites for hydroxylation is 1. The lowest BCUT2D eigenvalue weighted by Gasteiger charge is -2.36. The number of piperazine rings is 1. The van der Waals surface area contributed by atoms with E-state index in [1.54, 1.807) is 6.07 Å². The zero-order chi connectivity index (χ0) is 15.4. The van der Waals surface area contributed by atoms with Gasteiger partial charge in [-0.2, -0.15) is 0 Å². The van der Waals surface area contributed by atoms with Gasteiger partial charge in [-0.15, -0.1) is 0 Å². The summed E-state index contributed by atoms with van der Waals surface area (Å²) in [7, 11) is 0. The lowest BCUT2D eigenvalue weighted by atomic mass is 9.94. The SMILES string of the molecule is Cc1ccc(Cl)c([C@H](CCC(C)C)N2CCNCC2)c1F. The Morgan fingerprint density at radius 2 is 1.90 bits per heavy atom. The molecule has 1 aliphatic rings. The first-order valence-electron chi connectivity index (χ1n) is 7.90. The Balaban J connectivity index is 2.31. The molecule has 2 nitrogen and oxygen atoms in total. The van der Waals surface area contributed by atoms with Gasteiger partial charge >= 0.3 is 0 Å². The van der Waals surface area contributed by atoms with Crippen LogP contribution in [-0.2, 0) is 0 Å². The molecule has 1 atom stereocenters. The summed E-state index contributed by atoms with van der Waals surface area (Å²) in [5, 5.41) is 3.92. The Kier molecular flexibility index (Phi) is 6.03. The van der Waals surface area contributed by atoms with E-state index in [9.17, 15) is 4.39 Å². The van der Waals surface area contributed by atoms with Crippen LogP contribution in [0.1, 0.15) is 43.9 Å². The Labute approximate surface area is 132 Å². The standard InChI is InChI=1S/C17H26ClFN2/c1-12(2)4-7-15(21-10-8-20-9-11-21)16-14(18)6-5-13(3)17(16)19/h5-6,12,15,20H,4,7-11H2,1-3H3/t15-/m0/s1. The van der Waals surface area contributed by atoms with Gasteiger partial charge in [-0.3, -0.25) is 4.90 Å². The number of hydrogen-bond acceptors (Lipinski definition) is 2. The van der Waals surface area contributed by atoms with Crippen LogP contribution in [0.2, 0.25) is 5.02 Å². The molecular formula is C17H26ClFN2. The monoisotopic (exact) mass is 312 g/mol. The minimum absolute atomic E-state index is 0.0851. The summed E-state index contributed by atoms with van der Waals surface area (Å²) in [5.41, 5.74) is 1.37. The molecule has 1 aliphatic heterocycles. The zero-order valence-electron chi connectivity index (χ0n) is 13.3. The number of hydrogen-bond donors (Lipinski definition) is 1. The van der Waals surface area contributed by atoms with E-state index in [0.29, 0.717) is 22.1 Å². The summed E-state index contributed by atoms with van der Waals surface area (Å²) in [6.45, 7) is 10.1. The Morgan fingerprint density at radius 1 is 1.24 bits per heavy atom. The first-order chi connectivity index (χ1) is 10.0. The summed E-state index contributed by atoms with van der Waals surface area (Å²) >= 11 is 6.35. The van der Waals surface area contributed by atoms with Gasteiger partial charge in [-0.25, -0.2) is 4.39 Å². The summed E-state index contributed by atoms with van der Waals surface area (Å²) < 4.78 is 14.7. The number of nitrogens with one attached hydrogen (secondary N) is 1. The van der Waals surface area contributed by atoms with E-state index < -0.39 is 0 Å². The highest BCUT2D eigenvalue weighted by molar-refractivity contribution is 6.31. The maximum Gasteiger partial charge on any atom is 0.132 e.